The predicted octanol–water partition coefficient (Wildman–Crippen LogP) is 0.441. The van der Waals surface area contributed by atoms with Gasteiger partial charge in [0, 0.05) is 24.6 Å². The summed E-state index contributed by atoms with van der Waals surface area (Å²) in [6.07, 6.45) is 6.99. The molecule has 1 aliphatic heterocycles. The third kappa shape index (κ3) is 1.68. The van der Waals surface area contributed by atoms with Crippen molar-refractivity contribution in [2.24, 2.45) is 5.73 Å². The molecule has 1 aromatic rings. The maximum absolute atomic E-state index is 6.18. The van der Waals surface area contributed by atoms with E-state index in [1.165, 1.54) is 6.33 Å². The fourth-order valence-electron chi connectivity index (χ4n) is 1.60. The maximum Gasteiger partial charge on any atom is 0.115 e. The highest BCUT2D eigenvalue weighted by Crippen LogP contribution is 2.26. The molecule has 2 heterocycles. The first-order valence-corrected chi connectivity index (χ1v) is 4.43. The van der Waals surface area contributed by atoms with Crippen LogP contribution in [0.15, 0.2) is 18.7 Å². The molecule has 1 fully saturated rings. The molecule has 4 heteroatoms. The van der Waals surface area contributed by atoms with Gasteiger partial charge in [-0.25, -0.2) is 9.97 Å². The highest BCUT2D eigenvalue weighted by Gasteiger charge is 2.30. The van der Waals surface area contributed by atoms with Crippen molar-refractivity contribution in [2.75, 3.05) is 13.2 Å². The molecule has 0 bridgehead atoms. The van der Waals surface area contributed by atoms with E-state index in [4.69, 9.17) is 10.5 Å². The van der Waals surface area contributed by atoms with E-state index in [1.54, 1.807) is 12.4 Å². The molecule has 70 valence electrons. The molecule has 0 aliphatic carbocycles. The topological polar surface area (TPSA) is 61.0 Å². The molecule has 0 radical (unpaired) electrons. The molecular formula is C9H13N3O. The number of nitrogens with zero attached hydrogens (tertiary/aromatic N) is 2. The van der Waals surface area contributed by atoms with Crippen LogP contribution < -0.4 is 5.73 Å². The van der Waals surface area contributed by atoms with Crippen LogP contribution in [0.1, 0.15) is 18.4 Å². The Hall–Kier alpha value is -1.00. The number of rotatable bonds is 1. The third-order valence-electron chi connectivity index (χ3n) is 2.41. The normalized spacial score (nSPS) is 28.7. The lowest BCUT2D eigenvalue weighted by Gasteiger charge is -2.32. The van der Waals surface area contributed by atoms with Gasteiger partial charge in [-0.2, -0.15) is 0 Å². The zero-order valence-corrected chi connectivity index (χ0v) is 7.44. The summed E-state index contributed by atoms with van der Waals surface area (Å²) < 4.78 is 5.36. The lowest BCUT2D eigenvalue weighted by atomic mass is 9.88. The molecule has 0 aromatic carbocycles. The quantitative estimate of drug-likeness (QED) is 0.679. The van der Waals surface area contributed by atoms with E-state index in [-0.39, 0.29) is 5.54 Å². The second-order valence-electron chi connectivity index (χ2n) is 3.44. The molecule has 1 unspecified atom stereocenters. The smallest absolute Gasteiger partial charge is 0.115 e. The third-order valence-corrected chi connectivity index (χ3v) is 2.41. The number of aromatic nitrogens is 2. The van der Waals surface area contributed by atoms with E-state index in [1.807, 2.05) is 0 Å². The van der Waals surface area contributed by atoms with E-state index < -0.39 is 0 Å². The summed E-state index contributed by atoms with van der Waals surface area (Å²) in [6.45, 7) is 1.38. The second-order valence-corrected chi connectivity index (χ2v) is 3.44. The molecule has 0 spiro atoms. The zero-order chi connectivity index (χ0) is 9.15. The van der Waals surface area contributed by atoms with Gasteiger partial charge >= 0.3 is 0 Å². The zero-order valence-electron chi connectivity index (χ0n) is 7.44. The first kappa shape index (κ1) is 8.59. The van der Waals surface area contributed by atoms with E-state index in [2.05, 4.69) is 9.97 Å². The molecule has 0 amide bonds. The summed E-state index contributed by atoms with van der Waals surface area (Å²) in [7, 11) is 0. The van der Waals surface area contributed by atoms with Gasteiger partial charge in [0.25, 0.3) is 0 Å². The molecule has 1 saturated heterocycles. The number of hydrogen-bond acceptors (Lipinski definition) is 4. The predicted molar refractivity (Wildman–Crippen MR) is 48.0 cm³/mol. The summed E-state index contributed by atoms with van der Waals surface area (Å²) in [4.78, 5) is 7.92. The van der Waals surface area contributed by atoms with Crippen molar-refractivity contribution >= 4 is 0 Å². The second kappa shape index (κ2) is 3.40. The summed E-state index contributed by atoms with van der Waals surface area (Å²) in [5.74, 6) is 0. The van der Waals surface area contributed by atoms with E-state index in [9.17, 15) is 0 Å². The first-order chi connectivity index (χ1) is 6.31. The average molecular weight is 179 g/mol. The van der Waals surface area contributed by atoms with Gasteiger partial charge < -0.3 is 10.5 Å². The van der Waals surface area contributed by atoms with Crippen LogP contribution in [0, 0.1) is 0 Å². The Morgan fingerprint density at radius 1 is 1.38 bits per heavy atom. The summed E-state index contributed by atoms with van der Waals surface area (Å²) in [5.41, 5.74) is 6.77. The summed E-state index contributed by atoms with van der Waals surface area (Å²) in [5, 5.41) is 0. The average Bonchev–Trinajstić information content (AvgIpc) is 2.20. The molecule has 1 aliphatic rings. The monoisotopic (exact) mass is 179 g/mol. The highest BCUT2D eigenvalue weighted by molar-refractivity contribution is 5.17. The van der Waals surface area contributed by atoms with Gasteiger partial charge in [-0.05, 0) is 12.8 Å². The Balaban J connectivity index is 2.23. The van der Waals surface area contributed by atoms with Crippen molar-refractivity contribution in [3.63, 3.8) is 0 Å². The molecule has 1 aromatic heterocycles. The van der Waals surface area contributed by atoms with Gasteiger partial charge in [0.15, 0.2) is 0 Å². The van der Waals surface area contributed by atoms with E-state index >= 15 is 0 Å². The molecule has 2 N–H and O–H groups in total. The molecule has 1 atom stereocenters. The van der Waals surface area contributed by atoms with Crippen LogP contribution in [0.2, 0.25) is 0 Å². The Morgan fingerprint density at radius 3 is 2.77 bits per heavy atom. The molecule has 2 rings (SSSR count). The minimum atomic E-state index is -0.375. The molecule has 0 saturated carbocycles. The van der Waals surface area contributed by atoms with Gasteiger partial charge in [-0.15, -0.1) is 0 Å². The van der Waals surface area contributed by atoms with E-state index in [0.29, 0.717) is 6.61 Å². The molecular weight excluding hydrogens is 166 g/mol. The Morgan fingerprint density at radius 2 is 2.15 bits per heavy atom. The van der Waals surface area contributed by atoms with Gasteiger partial charge in [0.05, 0.1) is 12.1 Å². The largest absolute Gasteiger partial charge is 0.379 e. The number of nitrogens with two attached hydrogens (primary N) is 1. The fraction of sp³-hybridized carbons (Fsp3) is 0.556. The Bertz CT molecular complexity index is 269. The van der Waals surface area contributed by atoms with Crippen molar-refractivity contribution in [3.8, 4) is 0 Å². The standard InChI is InChI=1S/C9H13N3O/c10-9(2-1-3-13-6-9)8-4-11-7-12-5-8/h4-5,7H,1-3,6,10H2. The minimum absolute atomic E-state index is 0.375. The number of hydrogen-bond donors (Lipinski definition) is 1. The maximum atomic E-state index is 6.18. The lowest BCUT2D eigenvalue weighted by molar-refractivity contribution is 0.0364. The number of ether oxygens (including phenoxy) is 1. The van der Waals surface area contributed by atoms with Crippen LogP contribution in [-0.2, 0) is 10.3 Å². The van der Waals surface area contributed by atoms with Gasteiger partial charge in [0.1, 0.15) is 6.33 Å². The van der Waals surface area contributed by atoms with Crippen LogP contribution in [0.25, 0.3) is 0 Å². The summed E-state index contributed by atoms with van der Waals surface area (Å²) >= 11 is 0. The van der Waals surface area contributed by atoms with Crippen molar-refractivity contribution in [3.05, 3.63) is 24.3 Å². The van der Waals surface area contributed by atoms with Gasteiger partial charge in [0.2, 0.25) is 0 Å². The van der Waals surface area contributed by atoms with Crippen LogP contribution in [0.3, 0.4) is 0 Å². The summed E-state index contributed by atoms with van der Waals surface area (Å²) in [6, 6.07) is 0. The Kier molecular flexibility index (Phi) is 2.24. The van der Waals surface area contributed by atoms with Crippen molar-refractivity contribution < 1.29 is 4.74 Å². The minimum Gasteiger partial charge on any atom is -0.379 e. The highest BCUT2D eigenvalue weighted by atomic mass is 16.5. The lowest BCUT2D eigenvalue weighted by Crippen LogP contribution is -2.44. The van der Waals surface area contributed by atoms with Gasteiger partial charge in [-0.1, -0.05) is 0 Å². The van der Waals surface area contributed by atoms with Crippen LogP contribution >= 0.6 is 0 Å². The van der Waals surface area contributed by atoms with Crippen LogP contribution in [0.4, 0.5) is 0 Å². The first-order valence-electron chi connectivity index (χ1n) is 4.43. The van der Waals surface area contributed by atoms with Crippen LogP contribution in [-0.4, -0.2) is 23.2 Å². The van der Waals surface area contributed by atoms with Crippen molar-refractivity contribution in [2.45, 2.75) is 18.4 Å². The SMILES string of the molecule is NC1(c2cncnc2)CCCOC1. The van der Waals surface area contributed by atoms with Crippen LogP contribution in [0.5, 0.6) is 0 Å². The van der Waals surface area contributed by atoms with E-state index in [0.717, 1.165) is 25.0 Å². The van der Waals surface area contributed by atoms with Crippen molar-refractivity contribution in [1.82, 2.24) is 9.97 Å². The molecule has 4 nitrogen and oxygen atoms in total. The fourth-order valence-corrected chi connectivity index (χ4v) is 1.60. The Labute approximate surface area is 77.1 Å². The van der Waals surface area contributed by atoms with Gasteiger partial charge in [-0.3, -0.25) is 0 Å². The van der Waals surface area contributed by atoms with Crippen molar-refractivity contribution in [1.29, 1.82) is 0 Å². The molecule has 13 heavy (non-hydrogen) atoms.